The average Bonchev–Trinajstić information content (AvgIpc) is 2.52. The van der Waals surface area contributed by atoms with Gasteiger partial charge >= 0.3 is 0 Å². The van der Waals surface area contributed by atoms with Crippen LogP contribution in [0.3, 0.4) is 0 Å². The molecule has 66 valence electrons. The molecule has 0 fully saturated rings. The molecular formula is C8H7FN4. The fourth-order valence-electron chi connectivity index (χ4n) is 0.981. The van der Waals surface area contributed by atoms with Gasteiger partial charge in [-0.25, -0.2) is 14.1 Å². The van der Waals surface area contributed by atoms with Gasteiger partial charge in [0.15, 0.2) is 5.82 Å². The Labute approximate surface area is 73.8 Å². The van der Waals surface area contributed by atoms with Gasteiger partial charge in [0.25, 0.3) is 0 Å². The number of halogens is 1. The van der Waals surface area contributed by atoms with E-state index in [1.54, 1.807) is 6.20 Å². The van der Waals surface area contributed by atoms with Gasteiger partial charge in [-0.05, 0) is 6.07 Å². The molecule has 0 aliphatic heterocycles. The van der Waals surface area contributed by atoms with Gasteiger partial charge in [-0.1, -0.05) is 0 Å². The van der Waals surface area contributed by atoms with Crippen LogP contribution in [0.1, 0.15) is 0 Å². The Morgan fingerprint density at radius 1 is 1.46 bits per heavy atom. The van der Waals surface area contributed by atoms with Crippen molar-refractivity contribution in [1.82, 2.24) is 14.8 Å². The lowest BCUT2D eigenvalue weighted by Gasteiger charge is -1.98. The smallest absolute Gasteiger partial charge is 0.156 e. The third-order valence-electron chi connectivity index (χ3n) is 1.54. The molecule has 0 aromatic carbocycles. The summed E-state index contributed by atoms with van der Waals surface area (Å²) in [6.07, 6.45) is 4.43. The Hall–Kier alpha value is -1.91. The van der Waals surface area contributed by atoms with Crippen LogP contribution in [0.4, 0.5) is 10.1 Å². The van der Waals surface area contributed by atoms with E-state index in [1.165, 1.54) is 29.2 Å². The first kappa shape index (κ1) is 7.72. The van der Waals surface area contributed by atoms with Crippen LogP contribution in [0.25, 0.3) is 5.82 Å². The van der Waals surface area contributed by atoms with Crippen LogP contribution < -0.4 is 5.73 Å². The summed E-state index contributed by atoms with van der Waals surface area (Å²) in [4.78, 5) is 3.93. The van der Waals surface area contributed by atoms with Crippen LogP contribution in [-0.4, -0.2) is 14.8 Å². The maximum atomic E-state index is 12.7. The lowest BCUT2D eigenvalue weighted by Crippen LogP contribution is -1.97. The maximum Gasteiger partial charge on any atom is 0.156 e. The normalized spacial score (nSPS) is 10.2. The van der Waals surface area contributed by atoms with E-state index in [0.29, 0.717) is 11.5 Å². The SMILES string of the molecule is Nc1cnn(-c2cc(F)ccn2)c1. The number of anilines is 1. The molecule has 0 radical (unpaired) electrons. The standard InChI is InChI=1S/C8H7FN4/c9-6-1-2-11-8(3-6)13-5-7(10)4-12-13/h1-5H,10H2. The van der Waals surface area contributed by atoms with Crippen LogP contribution in [0, 0.1) is 5.82 Å². The average molecular weight is 178 g/mol. The number of rotatable bonds is 1. The van der Waals surface area contributed by atoms with Crippen molar-refractivity contribution in [3.05, 3.63) is 36.5 Å². The Kier molecular flexibility index (Phi) is 1.70. The molecule has 0 aliphatic rings. The number of hydrogen-bond donors (Lipinski definition) is 1. The zero-order valence-electron chi connectivity index (χ0n) is 6.68. The number of nitrogens with two attached hydrogens (primary N) is 1. The van der Waals surface area contributed by atoms with Crippen molar-refractivity contribution in [2.45, 2.75) is 0 Å². The van der Waals surface area contributed by atoms with Gasteiger partial charge in [0.05, 0.1) is 18.1 Å². The molecule has 2 aromatic heterocycles. The summed E-state index contributed by atoms with van der Waals surface area (Å²) >= 11 is 0. The van der Waals surface area contributed by atoms with E-state index in [9.17, 15) is 4.39 Å². The van der Waals surface area contributed by atoms with Crippen LogP contribution in [0.15, 0.2) is 30.7 Å². The molecular weight excluding hydrogens is 171 g/mol. The molecule has 0 bridgehead atoms. The van der Waals surface area contributed by atoms with Crippen molar-refractivity contribution in [3.63, 3.8) is 0 Å². The van der Waals surface area contributed by atoms with E-state index in [-0.39, 0.29) is 5.82 Å². The first-order chi connectivity index (χ1) is 6.25. The molecule has 4 nitrogen and oxygen atoms in total. The van der Waals surface area contributed by atoms with Crippen LogP contribution >= 0.6 is 0 Å². The van der Waals surface area contributed by atoms with Crippen LogP contribution in [-0.2, 0) is 0 Å². The molecule has 2 rings (SSSR count). The minimum absolute atomic E-state index is 0.348. The molecule has 2 aromatic rings. The Bertz CT molecular complexity index is 424. The second-order valence-corrected chi connectivity index (χ2v) is 2.55. The van der Waals surface area contributed by atoms with E-state index >= 15 is 0 Å². The van der Waals surface area contributed by atoms with Crippen molar-refractivity contribution in [3.8, 4) is 5.82 Å². The van der Waals surface area contributed by atoms with Crippen molar-refractivity contribution in [1.29, 1.82) is 0 Å². The molecule has 0 saturated carbocycles. The summed E-state index contributed by atoms with van der Waals surface area (Å²) in [6.45, 7) is 0. The predicted molar refractivity (Wildman–Crippen MR) is 45.7 cm³/mol. The largest absolute Gasteiger partial charge is 0.396 e. The van der Waals surface area contributed by atoms with Gasteiger partial charge in [-0.3, -0.25) is 0 Å². The maximum absolute atomic E-state index is 12.7. The van der Waals surface area contributed by atoms with E-state index in [1.807, 2.05) is 0 Å². The lowest BCUT2D eigenvalue weighted by molar-refractivity contribution is 0.622. The first-order valence-electron chi connectivity index (χ1n) is 3.68. The highest BCUT2D eigenvalue weighted by Crippen LogP contribution is 2.07. The molecule has 0 spiro atoms. The Morgan fingerprint density at radius 2 is 2.31 bits per heavy atom. The van der Waals surface area contributed by atoms with Gasteiger partial charge in [-0.2, -0.15) is 5.10 Å². The zero-order chi connectivity index (χ0) is 9.26. The number of nitrogens with zero attached hydrogens (tertiary/aromatic N) is 3. The first-order valence-corrected chi connectivity index (χ1v) is 3.68. The van der Waals surface area contributed by atoms with Crippen molar-refractivity contribution < 1.29 is 4.39 Å². The van der Waals surface area contributed by atoms with Crippen LogP contribution in [0.5, 0.6) is 0 Å². The minimum atomic E-state index is -0.348. The second kappa shape index (κ2) is 2.85. The van der Waals surface area contributed by atoms with Gasteiger partial charge in [0, 0.05) is 12.3 Å². The lowest BCUT2D eigenvalue weighted by atomic mass is 10.4. The highest BCUT2D eigenvalue weighted by atomic mass is 19.1. The molecule has 13 heavy (non-hydrogen) atoms. The summed E-state index contributed by atoms with van der Waals surface area (Å²) < 4.78 is 14.2. The Morgan fingerprint density at radius 3 is 2.92 bits per heavy atom. The quantitative estimate of drug-likeness (QED) is 0.708. The molecule has 0 unspecified atom stereocenters. The monoisotopic (exact) mass is 178 g/mol. The summed E-state index contributed by atoms with van der Waals surface area (Å²) in [5, 5.41) is 3.89. The third-order valence-corrected chi connectivity index (χ3v) is 1.54. The fraction of sp³-hybridized carbons (Fsp3) is 0. The second-order valence-electron chi connectivity index (χ2n) is 2.55. The van der Waals surface area contributed by atoms with Crippen LogP contribution in [0.2, 0.25) is 0 Å². The Balaban J connectivity index is 2.46. The topological polar surface area (TPSA) is 56.7 Å². The van der Waals surface area contributed by atoms with E-state index in [2.05, 4.69) is 10.1 Å². The third kappa shape index (κ3) is 1.48. The number of hydrogen-bond acceptors (Lipinski definition) is 3. The molecule has 0 atom stereocenters. The van der Waals surface area contributed by atoms with Crippen molar-refractivity contribution in [2.75, 3.05) is 5.73 Å². The molecule has 5 heteroatoms. The van der Waals surface area contributed by atoms with Gasteiger partial charge in [0.2, 0.25) is 0 Å². The van der Waals surface area contributed by atoms with E-state index in [4.69, 9.17) is 5.73 Å². The van der Waals surface area contributed by atoms with Gasteiger partial charge in [-0.15, -0.1) is 0 Å². The van der Waals surface area contributed by atoms with Crippen molar-refractivity contribution >= 4 is 5.69 Å². The number of pyridine rings is 1. The van der Waals surface area contributed by atoms with E-state index < -0.39 is 0 Å². The number of nitrogen functional groups attached to an aromatic ring is 1. The highest BCUT2D eigenvalue weighted by molar-refractivity contribution is 5.34. The molecule has 0 amide bonds. The number of aromatic nitrogens is 3. The van der Waals surface area contributed by atoms with Crippen molar-refractivity contribution in [2.24, 2.45) is 0 Å². The summed E-state index contributed by atoms with van der Waals surface area (Å²) in [5.74, 6) is 0.0655. The fourth-order valence-corrected chi connectivity index (χ4v) is 0.981. The summed E-state index contributed by atoms with van der Waals surface area (Å²) in [5.41, 5.74) is 5.97. The summed E-state index contributed by atoms with van der Waals surface area (Å²) in [6, 6.07) is 2.56. The predicted octanol–water partition coefficient (Wildman–Crippen LogP) is 0.989. The van der Waals surface area contributed by atoms with E-state index in [0.717, 1.165) is 0 Å². The van der Waals surface area contributed by atoms with Gasteiger partial charge < -0.3 is 5.73 Å². The molecule has 0 saturated heterocycles. The zero-order valence-corrected chi connectivity index (χ0v) is 6.68. The van der Waals surface area contributed by atoms with Gasteiger partial charge in [0.1, 0.15) is 5.82 Å². The molecule has 2 heterocycles. The molecule has 0 aliphatic carbocycles. The highest BCUT2D eigenvalue weighted by Gasteiger charge is 2.00. The molecule has 2 N–H and O–H groups in total. The summed E-state index contributed by atoms with van der Waals surface area (Å²) in [7, 11) is 0. The minimum Gasteiger partial charge on any atom is -0.396 e.